The second-order valence-electron chi connectivity index (χ2n) is 3.03. The van der Waals surface area contributed by atoms with E-state index in [2.05, 4.69) is 10.8 Å². The summed E-state index contributed by atoms with van der Waals surface area (Å²) in [7, 11) is 1.35. The number of hydrogen-bond acceptors (Lipinski definition) is 4. The molecule has 4 nitrogen and oxygen atoms in total. The summed E-state index contributed by atoms with van der Waals surface area (Å²) in [5.74, 6) is -0.365. The number of esters is 1. The number of nitrogens with zero attached hydrogens (tertiary/aromatic N) is 1. The van der Waals surface area contributed by atoms with Crippen LogP contribution in [0.4, 0.5) is 0 Å². The van der Waals surface area contributed by atoms with Gasteiger partial charge < -0.3 is 4.74 Å². The molecule has 13 heavy (non-hydrogen) atoms. The molecule has 0 aromatic carbocycles. The highest BCUT2D eigenvalue weighted by Gasteiger charge is 2.33. The SMILES string of the molecule is COC(=O)/C=C/N1O[C@H]2C=C[C@@H]1C2. The van der Waals surface area contributed by atoms with Gasteiger partial charge in [0, 0.05) is 18.7 Å². The molecule has 0 N–H and O–H groups in total. The first-order chi connectivity index (χ1) is 6.29. The zero-order valence-electron chi connectivity index (χ0n) is 7.34. The van der Waals surface area contributed by atoms with E-state index < -0.39 is 0 Å². The summed E-state index contributed by atoms with van der Waals surface area (Å²) in [4.78, 5) is 16.2. The third-order valence-corrected chi connectivity index (χ3v) is 2.16. The predicted octanol–water partition coefficient (Wildman–Crippen LogP) is 0.617. The van der Waals surface area contributed by atoms with Crippen LogP contribution in [0.3, 0.4) is 0 Å². The lowest BCUT2D eigenvalue weighted by Gasteiger charge is -2.19. The minimum absolute atomic E-state index is 0.187. The van der Waals surface area contributed by atoms with Crippen LogP contribution >= 0.6 is 0 Å². The van der Waals surface area contributed by atoms with Crippen molar-refractivity contribution in [2.24, 2.45) is 0 Å². The van der Waals surface area contributed by atoms with Gasteiger partial charge in [0.1, 0.15) is 6.10 Å². The van der Waals surface area contributed by atoms with Crippen molar-refractivity contribution < 1.29 is 14.4 Å². The topological polar surface area (TPSA) is 38.8 Å². The van der Waals surface area contributed by atoms with Gasteiger partial charge in [-0.25, -0.2) is 4.79 Å². The fourth-order valence-electron chi connectivity index (χ4n) is 1.50. The molecule has 1 fully saturated rings. The van der Waals surface area contributed by atoms with E-state index >= 15 is 0 Å². The Morgan fingerprint density at radius 2 is 2.54 bits per heavy atom. The number of hydroxylamine groups is 2. The molecule has 2 aliphatic rings. The number of fused-ring (bicyclic) bond motifs is 2. The van der Waals surface area contributed by atoms with E-state index in [-0.39, 0.29) is 18.1 Å². The van der Waals surface area contributed by atoms with Crippen LogP contribution in [0.2, 0.25) is 0 Å². The zero-order valence-corrected chi connectivity index (χ0v) is 7.34. The van der Waals surface area contributed by atoms with Crippen LogP contribution < -0.4 is 0 Å². The van der Waals surface area contributed by atoms with Crippen LogP contribution in [-0.2, 0) is 14.4 Å². The molecule has 1 heterocycles. The molecule has 0 radical (unpaired) electrons. The van der Waals surface area contributed by atoms with Crippen LogP contribution in [0.1, 0.15) is 6.42 Å². The minimum Gasteiger partial charge on any atom is -0.466 e. The fraction of sp³-hybridized carbons (Fsp3) is 0.444. The molecule has 2 bridgehead atoms. The van der Waals surface area contributed by atoms with Gasteiger partial charge in [0.05, 0.1) is 13.2 Å². The summed E-state index contributed by atoms with van der Waals surface area (Å²) in [6.45, 7) is 0. The first-order valence-corrected chi connectivity index (χ1v) is 4.19. The molecule has 1 aliphatic carbocycles. The number of hydrogen-bond donors (Lipinski definition) is 0. The quantitative estimate of drug-likeness (QED) is 0.355. The van der Waals surface area contributed by atoms with E-state index in [0.29, 0.717) is 0 Å². The Kier molecular flexibility index (Phi) is 2.06. The monoisotopic (exact) mass is 181 g/mol. The summed E-state index contributed by atoms with van der Waals surface area (Å²) in [5.41, 5.74) is 0. The van der Waals surface area contributed by atoms with Gasteiger partial charge in [0.15, 0.2) is 0 Å². The van der Waals surface area contributed by atoms with Gasteiger partial charge in [-0.05, 0) is 0 Å². The first-order valence-electron chi connectivity index (χ1n) is 4.19. The van der Waals surface area contributed by atoms with Gasteiger partial charge in [0.25, 0.3) is 0 Å². The van der Waals surface area contributed by atoms with Crippen LogP contribution in [0.15, 0.2) is 24.4 Å². The Morgan fingerprint density at radius 3 is 3.08 bits per heavy atom. The Labute approximate surface area is 76.4 Å². The van der Waals surface area contributed by atoms with Crippen molar-refractivity contribution in [2.45, 2.75) is 18.6 Å². The summed E-state index contributed by atoms with van der Waals surface area (Å²) in [6.07, 6.45) is 8.25. The molecule has 2 atom stereocenters. The first kappa shape index (κ1) is 8.31. The minimum atomic E-state index is -0.365. The van der Waals surface area contributed by atoms with Crippen molar-refractivity contribution in [3.63, 3.8) is 0 Å². The largest absolute Gasteiger partial charge is 0.466 e. The van der Waals surface area contributed by atoms with E-state index in [4.69, 9.17) is 4.84 Å². The van der Waals surface area contributed by atoms with Gasteiger partial charge in [-0.2, -0.15) is 0 Å². The van der Waals surface area contributed by atoms with Crippen LogP contribution in [0.5, 0.6) is 0 Å². The van der Waals surface area contributed by atoms with Gasteiger partial charge >= 0.3 is 5.97 Å². The van der Waals surface area contributed by atoms with Crippen LogP contribution in [0, 0.1) is 0 Å². The Bertz CT molecular complexity index is 272. The molecule has 0 unspecified atom stereocenters. The molecule has 0 aromatic rings. The van der Waals surface area contributed by atoms with Crippen molar-refractivity contribution in [1.29, 1.82) is 0 Å². The highest BCUT2D eigenvalue weighted by molar-refractivity contribution is 5.81. The molecule has 1 saturated heterocycles. The summed E-state index contributed by atoms with van der Waals surface area (Å²) < 4.78 is 4.46. The summed E-state index contributed by atoms with van der Waals surface area (Å²) in [5, 5.41) is 1.68. The molecule has 4 heteroatoms. The van der Waals surface area contributed by atoms with Crippen molar-refractivity contribution in [2.75, 3.05) is 7.11 Å². The highest BCUT2D eigenvalue weighted by Crippen LogP contribution is 2.28. The Morgan fingerprint density at radius 1 is 1.69 bits per heavy atom. The van der Waals surface area contributed by atoms with E-state index in [1.807, 2.05) is 6.08 Å². The Balaban J connectivity index is 1.93. The van der Waals surface area contributed by atoms with Crippen LogP contribution in [-0.4, -0.2) is 30.3 Å². The van der Waals surface area contributed by atoms with Gasteiger partial charge in [-0.15, -0.1) is 0 Å². The number of carbonyl (C=O) groups excluding carboxylic acids is 1. The maximum Gasteiger partial charge on any atom is 0.332 e. The van der Waals surface area contributed by atoms with E-state index in [1.165, 1.54) is 13.2 Å². The summed E-state index contributed by atoms with van der Waals surface area (Å²) >= 11 is 0. The third-order valence-electron chi connectivity index (χ3n) is 2.16. The third kappa shape index (κ3) is 1.58. The molecule has 2 rings (SSSR count). The molecule has 70 valence electrons. The van der Waals surface area contributed by atoms with Gasteiger partial charge in [-0.3, -0.25) is 9.90 Å². The molecule has 0 aromatic heterocycles. The molecule has 0 saturated carbocycles. The molecule has 0 spiro atoms. The standard InChI is InChI=1S/C9H11NO3/c1-12-9(11)4-5-10-7-2-3-8(6-7)13-10/h2-5,7-8H,6H2,1H3/b5-4+/t7-,8+/m1/s1. The average molecular weight is 181 g/mol. The van der Waals surface area contributed by atoms with E-state index in [0.717, 1.165) is 6.42 Å². The van der Waals surface area contributed by atoms with Crippen LogP contribution in [0.25, 0.3) is 0 Å². The van der Waals surface area contributed by atoms with Crippen molar-refractivity contribution in [3.8, 4) is 0 Å². The molecule has 0 amide bonds. The lowest BCUT2D eigenvalue weighted by atomic mass is 10.2. The lowest BCUT2D eigenvalue weighted by Crippen LogP contribution is -2.22. The van der Waals surface area contributed by atoms with Crippen molar-refractivity contribution in [3.05, 3.63) is 24.4 Å². The highest BCUT2D eigenvalue weighted by atomic mass is 16.7. The molecular weight excluding hydrogens is 170 g/mol. The number of ether oxygens (including phenoxy) is 1. The smallest absolute Gasteiger partial charge is 0.332 e. The number of carbonyl (C=O) groups is 1. The van der Waals surface area contributed by atoms with Crippen molar-refractivity contribution in [1.82, 2.24) is 5.06 Å². The summed E-state index contributed by atoms with van der Waals surface area (Å²) in [6, 6.07) is 0.283. The molecule has 1 aliphatic heterocycles. The van der Waals surface area contributed by atoms with Gasteiger partial charge in [0.2, 0.25) is 0 Å². The second-order valence-corrected chi connectivity index (χ2v) is 3.03. The van der Waals surface area contributed by atoms with E-state index in [1.54, 1.807) is 11.3 Å². The lowest BCUT2D eigenvalue weighted by molar-refractivity contribution is -0.136. The average Bonchev–Trinajstić information content (AvgIpc) is 2.74. The van der Waals surface area contributed by atoms with Gasteiger partial charge in [-0.1, -0.05) is 12.2 Å². The fourth-order valence-corrected chi connectivity index (χ4v) is 1.50. The Hall–Kier alpha value is -1.29. The van der Waals surface area contributed by atoms with E-state index in [9.17, 15) is 4.79 Å². The normalized spacial score (nSPS) is 30.4. The second kappa shape index (κ2) is 3.22. The maximum atomic E-state index is 10.8. The number of rotatable bonds is 2. The predicted molar refractivity (Wildman–Crippen MR) is 45.4 cm³/mol. The van der Waals surface area contributed by atoms with Crippen molar-refractivity contribution >= 4 is 5.97 Å². The maximum absolute atomic E-state index is 10.8. The number of methoxy groups -OCH3 is 1. The molecular formula is C9H11NO3. The zero-order chi connectivity index (χ0) is 9.26.